The molecule has 1 rings (SSSR count). The third-order valence-corrected chi connectivity index (χ3v) is 2.24. The number of hydrogen-bond acceptors (Lipinski definition) is 4. The second-order valence-corrected chi connectivity index (χ2v) is 4.33. The van der Waals surface area contributed by atoms with E-state index in [1.165, 1.54) is 0 Å². The van der Waals surface area contributed by atoms with Crippen molar-refractivity contribution >= 4 is 0 Å². The molecule has 0 bridgehead atoms. The fraction of sp³-hybridized carbons (Fsp3) is 0.615. The van der Waals surface area contributed by atoms with Gasteiger partial charge in [-0.15, -0.1) is 0 Å². The Balaban J connectivity index is 2.46. The molecule has 0 aromatic carbocycles. The van der Waals surface area contributed by atoms with Crippen LogP contribution < -0.4 is 10.1 Å². The molecule has 17 heavy (non-hydrogen) atoms. The Morgan fingerprint density at radius 2 is 2.18 bits per heavy atom. The molecule has 0 spiro atoms. The highest BCUT2D eigenvalue weighted by atomic mass is 16.5. The molecular formula is C13H22N2O2. The van der Waals surface area contributed by atoms with Gasteiger partial charge in [-0.05, 0) is 18.5 Å². The van der Waals surface area contributed by atoms with Gasteiger partial charge in [-0.3, -0.25) is 0 Å². The SMILES string of the molecule is COCCOc1ncccc1CNCC(C)C. The second-order valence-electron chi connectivity index (χ2n) is 4.33. The Hall–Kier alpha value is -1.13. The van der Waals surface area contributed by atoms with Gasteiger partial charge in [0.15, 0.2) is 0 Å². The molecule has 0 aliphatic carbocycles. The van der Waals surface area contributed by atoms with Gasteiger partial charge in [0, 0.05) is 25.4 Å². The highest BCUT2D eigenvalue weighted by Crippen LogP contribution is 2.13. The Morgan fingerprint density at radius 3 is 2.88 bits per heavy atom. The first kappa shape index (κ1) is 13.9. The Labute approximate surface area is 103 Å². The molecule has 0 unspecified atom stereocenters. The first-order valence-corrected chi connectivity index (χ1v) is 6.00. The molecule has 0 radical (unpaired) electrons. The minimum absolute atomic E-state index is 0.532. The van der Waals surface area contributed by atoms with E-state index in [9.17, 15) is 0 Å². The van der Waals surface area contributed by atoms with E-state index in [4.69, 9.17) is 9.47 Å². The summed E-state index contributed by atoms with van der Waals surface area (Å²) in [6.07, 6.45) is 1.74. The van der Waals surface area contributed by atoms with Gasteiger partial charge in [0.1, 0.15) is 6.61 Å². The van der Waals surface area contributed by atoms with Gasteiger partial charge in [-0.25, -0.2) is 4.98 Å². The Kier molecular flexibility index (Phi) is 6.58. The molecule has 96 valence electrons. The summed E-state index contributed by atoms with van der Waals surface area (Å²) in [5.41, 5.74) is 1.09. The van der Waals surface area contributed by atoms with Crippen molar-refractivity contribution in [3.05, 3.63) is 23.9 Å². The van der Waals surface area contributed by atoms with Crippen LogP contribution in [0.15, 0.2) is 18.3 Å². The zero-order valence-corrected chi connectivity index (χ0v) is 10.9. The zero-order valence-electron chi connectivity index (χ0n) is 10.9. The molecule has 0 atom stereocenters. The summed E-state index contributed by atoms with van der Waals surface area (Å²) in [5.74, 6) is 1.34. The van der Waals surface area contributed by atoms with Crippen molar-refractivity contribution < 1.29 is 9.47 Å². The van der Waals surface area contributed by atoms with Crippen LogP contribution in [-0.2, 0) is 11.3 Å². The van der Waals surface area contributed by atoms with Gasteiger partial charge >= 0.3 is 0 Å². The summed E-state index contributed by atoms with van der Waals surface area (Å²) in [6, 6.07) is 3.96. The molecule has 0 fully saturated rings. The maximum atomic E-state index is 5.56. The van der Waals surface area contributed by atoms with Crippen LogP contribution in [0.3, 0.4) is 0 Å². The first-order valence-electron chi connectivity index (χ1n) is 6.00. The molecule has 4 heteroatoms. The average molecular weight is 238 g/mol. The van der Waals surface area contributed by atoms with E-state index in [-0.39, 0.29) is 0 Å². The standard InChI is InChI=1S/C13H22N2O2/c1-11(2)9-14-10-12-5-4-6-15-13(12)17-8-7-16-3/h4-6,11,14H,7-10H2,1-3H3. The van der Waals surface area contributed by atoms with Gasteiger partial charge < -0.3 is 14.8 Å². The highest BCUT2D eigenvalue weighted by molar-refractivity contribution is 5.25. The lowest BCUT2D eigenvalue weighted by Gasteiger charge is -2.11. The summed E-state index contributed by atoms with van der Waals surface area (Å²) in [4.78, 5) is 4.23. The molecular weight excluding hydrogens is 216 g/mol. The molecule has 0 amide bonds. The number of aromatic nitrogens is 1. The van der Waals surface area contributed by atoms with Crippen LogP contribution >= 0.6 is 0 Å². The molecule has 1 aromatic heterocycles. The summed E-state index contributed by atoms with van der Waals surface area (Å²) in [7, 11) is 1.66. The molecule has 1 aromatic rings. The first-order chi connectivity index (χ1) is 8.24. The lowest BCUT2D eigenvalue weighted by molar-refractivity contribution is 0.143. The van der Waals surface area contributed by atoms with Crippen LogP contribution in [0.1, 0.15) is 19.4 Å². The van der Waals surface area contributed by atoms with Crippen LogP contribution in [-0.4, -0.2) is 31.9 Å². The largest absolute Gasteiger partial charge is 0.475 e. The monoisotopic (exact) mass is 238 g/mol. The van der Waals surface area contributed by atoms with E-state index in [0.29, 0.717) is 25.0 Å². The molecule has 0 saturated carbocycles. The number of hydrogen-bond donors (Lipinski definition) is 1. The third kappa shape index (κ3) is 5.65. The van der Waals surface area contributed by atoms with E-state index < -0.39 is 0 Å². The predicted molar refractivity (Wildman–Crippen MR) is 68.2 cm³/mol. The predicted octanol–water partition coefficient (Wildman–Crippen LogP) is 1.85. The summed E-state index contributed by atoms with van der Waals surface area (Å²) >= 11 is 0. The second kappa shape index (κ2) is 8.03. The number of ether oxygens (including phenoxy) is 2. The maximum absolute atomic E-state index is 5.56. The lowest BCUT2D eigenvalue weighted by atomic mass is 10.2. The normalized spacial score (nSPS) is 10.8. The molecule has 1 heterocycles. The molecule has 4 nitrogen and oxygen atoms in total. The topological polar surface area (TPSA) is 43.4 Å². The van der Waals surface area contributed by atoms with E-state index >= 15 is 0 Å². The molecule has 0 aliphatic rings. The van der Waals surface area contributed by atoms with Crippen molar-refractivity contribution in [2.45, 2.75) is 20.4 Å². The van der Waals surface area contributed by atoms with Gasteiger partial charge in [0.25, 0.3) is 0 Å². The van der Waals surface area contributed by atoms with Crippen molar-refractivity contribution in [2.24, 2.45) is 5.92 Å². The van der Waals surface area contributed by atoms with E-state index in [1.54, 1.807) is 13.3 Å². The van der Waals surface area contributed by atoms with E-state index in [2.05, 4.69) is 24.1 Å². The summed E-state index contributed by atoms with van der Waals surface area (Å²) in [5, 5.41) is 3.38. The fourth-order valence-corrected chi connectivity index (χ4v) is 1.41. The van der Waals surface area contributed by atoms with Gasteiger partial charge in [0.2, 0.25) is 5.88 Å². The van der Waals surface area contributed by atoms with Gasteiger partial charge in [-0.1, -0.05) is 19.9 Å². The van der Waals surface area contributed by atoms with Gasteiger partial charge in [0.05, 0.1) is 6.61 Å². The third-order valence-electron chi connectivity index (χ3n) is 2.24. The molecule has 0 aliphatic heterocycles. The van der Waals surface area contributed by atoms with E-state index in [0.717, 1.165) is 18.7 Å². The number of nitrogens with one attached hydrogen (secondary N) is 1. The Bertz CT molecular complexity index is 316. The fourth-order valence-electron chi connectivity index (χ4n) is 1.41. The van der Waals surface area contributed by atoms with Gasteiger partial charge in [-0.2, -0.15) is 0 Å². The van der Waals surface area contributed by atoms with Crippen LogP contribution in [0.2, 0.25) is 0 Å². The molecule has 0 saturated heterocycles. The van der Waals surface area contributed by atoms with Crippen molar-refractivity contribution in [1.29, 1.82) is 0 Å². The summed E-state index contributed by atoms with van der Waals surface area (Å²) in [6.45, 7) is 7.26. The van der Waals surface area contributed by atoms with Crippen molar-refractivity contribution in [3.63, 3.8) is 0 Å². The quantitative estimate of drug-likeness (QED) is 0.702. The summed E-state index contributed by atoms with van der Waals surface area (Å²) < 4.78 is 10.5. The number of rotatable bonds is 8. The van der Waals surface area contributed by atoms with Crippen molar-refractivity contribution in [1.82, 2.24) is 10.3 Å². The van der Waals surface area contributed by atoms with Crippen LogP contribution in [0.4, 0.5) is 0 Å². The van der Waals surface area contributed by atoms with Crippen LogP contribution in [0.5, 0.6) is 5.88 Å². The van der Waals surface area contributed by atoms with E-state index in [1.807, 2.05) is 12.1 Å². The highest BCUT2D eigenvalue weighted by Gasteiger charge is 2.04. The van der Waals surface area contributed by atoms with Crippen LogP contribution in [0, 0.1) is 5.92 Å². The minimum atomic E-state index is 0.532. The van der Waals surface area contributed by atoms with Crippen LogP contribution in [0.25, 0.3) is 0 Å². The average Bonchev–Trinajstić information content (AvgIpc) is 2.31. The number of methoxy groups -OCH3 is 1. The maximum Gasteiger partial charge on any atom is 0.217 e. The lowest BCUT2D eigenvalue weighted by Crippen LogP contribution is -2.20. The molecule has 1 N–H and O–H groups in total. The van der Waals surface area contributed by atoms with Crippen molar-refractivity contribution in [2.75, 3.05) is 26.9 Å². The minimum Gasteiger partial charge on any atom is -0.475 e. The number of pyridine rings is 1. The Morgan fingerprint density at radius 1 is 1.35 bits per heavy atom. The zero-order chi connectivity index (χ0) is 12.5. The smallest absolute Gasteiger partial charge is 0.217 e. The number of nitrogens with zero attached hydrogens (tertiary/aromatic N) is 1. The van der Waals surface area contributed by atoms with Crippen molar-refractivity contribution in [3.8, 4) is 5.88 Å².